The minimum atomic E-state index is -0.273. The number of hydrogen-bond donors (Lipinski definition) is 0. The lowest BCUT2D eigenvalue weighted by molar-refractivity contribution is -0.106. The highest BCUT2D eigenvalue weighted by molar-refractivity contribution is 7.99. The SMILES string of the molecule is COC(OC)c1ccc(SCCc2cccs2)cc1. The summed E-state index contributed by atoms with van der Waals surface area (Å²) in [6.07, 6.45) is 0.855. The normalized spacial score (nSPS) is 11.1. The van der Waals surface area contributed by atoms with E-state index in [1.165, 1.54) is 9.77 Å². The standard InChI is InChI=1S/C15H18O2S2/c1-16-15(17-2)12-5-7-14(8-6-12)19-11-9-13-4-3-10-18-13/h3-8,10,15H,9,11H2,1-2H3. The van der Waals surface area contributed by atoms with E-state index >= 15 is 0 Å². The summed E-state index contributed by atoms with van der Waals surface area (Å²) in [5.74, 6) is 1.11. The average Bonchev–Trinajstić information content (AvgIpc) is 2.95. The molecule has 4 heteroatoms. The zero-order valence-electron chi connectivity index (χ0n) is 11.2. The quantitative estimate of drug-likeness (QED) is 0.558. The molecular formula is C15H18O2S2. The van der Waals surface area contributed by atoms with E-state index in [1.54, 1.807) is 14.2 Å². The van der Waals surface area contributed by atoms with E-state index in [0.29, 0.717) is 0 Å². The predicted molar refractivity (Wildman–Crippen MR) is 81.9 cm³/mol. The highest BCUT2D eigenvalue weighted by Crippen LogP contribution is 2.24. The lowest BCUT2D eigenvalue weighted by atomic mass is 10.2. The van der Waals surface area contributed by atoms with E-state index < -0.39 is 0 Å². The van der Waals surface area contributed by atoms with E-state index in [2.05, 4.69) is 41.8 Å². The monoisotopic (exact) mass is 294 g/mol. The van der Waals surface area contributed by atoms with Gasteiger partial charge < -0.3 is 9.47 Å². The second-order valence-electron chi connectivity index (χ2n) is 4.05. The van der Waals surface area contributed by atoms with Gasteiger partial charge in [0.2, 0.25) is 0 Å². The maximum atomic E-state index is 5.23. The van der Waals surface area contributed by atoms with Gasteiger partial charge in [-0.1, -0.05) is 18.2 Å². The highest BCUT2D eigenvalue weighted by atomic mass is 32.2. The third-order valence-electron chi connectivity index (χ3n) is 2.78. The predicted octanol–water partition coefficient (Wildman–Crippen LogP) is 4.37. The molecule has 1 aromatic heterocycles. The Balaban J connectivity index is 1.84. The van der Waals surface area contributed by atoms with Crippen LogP contribution in [0, 0.1) is 0 Å². The van der Waals surface area contributed by atoms with Crippen molar-refractivity contribution in [1.29, 1.82) is 0 Å². The Labute approximate surface area is 122 Å². The number of thioether (sulfide) groups is 1. The number of benzene rings is 1. The molecule has 2 nitrogen and oxygen atoms in total. The Bertz CT molecular complexity index is 461. The number of hydrogen-bond acceptors (Lipinski definition) is 4. The van der Waals surface area contributed by atoms with Crippen molar-refractivity contribution in [3.63, 3.8) is 0 Å². The van der Waals surface area contributed by atoms with Crippen molar-refractivity contribution >= 4 is 23.1 Å². The van der Waals surface area contributed by atoms with E-state index in [-0.39, 0.29) is 6.29 Å². The molecule has 19 heavy (non-hydrogen) atoms. The fourth-order valence-electron chi connectivity index (χ4n) is 1.81. The zero-order valence-corrected chi connectivity index (χ0v) is 12.8. The molecule has 0 bridgehead atoms. The smallest absolute Gasteiger partial charge is 0.183 e. The molecule has 0 atom stereocenters. The van der Waals surface area contributed by atoms with Crippen LogP contribution in [0.2, 0.25) is 0 Å². The van der Waals surface area contributed by atoms with Crippen LogP contribution in [0.25, 0.3) is 0 Å². The van der Waals surface area contributed by atoms with Crippen LogP contribution in [-0.2, 0) is 15.9 Å². The maximum Gasteiger partial charge on any atom is 0.183 e. The zero-order chi connectivity index (χ0) is 13.5. The van der Waals surface area contributed by atoms with E-state index in [4.69, 9.17) is 9.47 Å². The highest BCUT2D eigenvalue weighted by Gasteiger charge is 2.08. The van der Waals surface area contributed by atoms with Gasteiger partial charge in [0.1, 0.15) is 0 Å². The first kappa shape index (κ1) is 14.6. The average molecular weight is 294 g/mol. The number of ether oxygens (including phenoxy) is 2. The maximum absolute atomic E-state index is 5.23. The molecule has 0 amide bonds. The Morgan fingerprint density at radius 2 is 1.84 bits per heavy atom. The first-order valence-corrected chi connectivity index (χ1v) is 8.00. The van der Waals surface area contributed by atoms with Crippen LogP contribution in [0.1, 0.15) is 16.7 Å². The van der Waals surface area contributed by atoms with Gasteiger partial charge in [0.15, 0.2) is 6.29 Å². The lowest BCUT2D eigenvalue weighted by Crippen LogP contribution is -2.03. The van der Waals surface area contributed by atoms with Crippen molar-refractivity contribution in [2.75, 3.05) is 20.0 Å². The molecule has 0 radical (unpaired) electrons. The van der Waals surface area contributed by atoms with Gasteiger partial charge in [0.05, 0.1) is 0 Å². The molecule has 0 saturated carbocycles. The summed E-state index contributed by atoms with van der Waals surface area (Å²) in [5, 5.41) is 2.13. The summed E-state index contributed by atoms with van der Waals surface area (Å²) in [7, 11) is 3.30. The van der Waals surface area contributed by atoms with Crippen molar-refractivity contribution in [1.82, 2.24) is 0 Å². The molecule has 0 aliphatic heterocycles. The van der Waals surface area contributed by atoms with Gasteiger partial charge in [0.25, 0.3) is 0 Å². The molecule has 1 heterocycles. The Morgan fingerprint density at radius 1 is 1.11 bits per heavy atom. The van der Waals surface area contributed by atoms with E-state index in [9.17, 15) is 0 Å². The van der Waals surface area contributed by atoms with Gasteiger partial charge in [0, 0.05) is 35.3 Å². The molecule has 0 unspecified atom stereocenters. The van der Waals surface area contributed by atoms with Crippen LogP contribution in [0.3, 0.4) is 0 Å². The molecular weight excluding hydrogens is 276 g/mol. The molecule has 0 aliphatic rings. The van der Waals surface area contributed by atoms with Crippen LogP contribution in [0.4, 0.5) is 0 Å². The third-order valence-corrected chi connectivity index (χ3v) is 4.73. The van der Waals surface area contributed by atoms with Gasteiger partial charge in [-0.2, -0.15) is 0 Å². The summed E-state index contributed by atoms with van der Waals surface area (Å²) in [5.41, 5.74) is 1.05. The fraction of sp³-hybridized carbons (Fsp3) is 0.333. The molecule has 0 aliphatic carbocycles. The molecule has 2 aromatic rings. The minimum absolute atomic E-state index is 0.273. The first-order valence-electron chi connectivity index (χ1n) is 6.14. The summed E-state index contributed by atoms with van der Waals surface area (Å²) in [6, 6.07) is 12.7. The molecule has 1 aromatic carbocycles. The van der Waals surface area contributed by atoms with Gasteiger partial charge >= 0.3 is 0 Å². The number of methoxy groups -OCH3 is 2. The van der Waals surface area contributed by atoms with Crippen LogP contribution in [-0.4, -0.2) is 20.0 Å². The Morgan fingerprint density at radius 3 is 2.42 bits per heavy atom. The Kier molecular flexibility index (Phi) is 5.92. The van der Waals surface area contributed by atoms with Crippen molar-refractivity contribution in [2.45, 2.75) is 17.6 Å². The topological polar surface area (TPSA) is 18.5 Å². The van der Waals surface area contributed by atoms with Gasteiger partial charge in [-0.05, 0) is 30.0 Å². The van der Waals surface area contributed by atoms with E-state index in [1.807, 2.05) is 23.1 Å². The second-order valence-corrected chi connectivity index (χ2v) is 6.25. The van der Waals surface area contributed by atoms with Crippen molar-refractivity contribution in [3.05, 3.63) is 52.2 Å². The summed E-state index contributed by atoms with van der Waals surface area (Å²) in [6.45, 7) is 0. The second kappa shape index (κ2) is 7.70. The van der Waals surface area contributed by atoms with Crippen molar-refractivity contribution < 1.29 is 9.47 Å². The largest absolute Gasteiger partial charge is 0.352 e. The molecule has 0 fully saturated rings. The first-order chi connectivity index (χ1) is 9.33. The lowest BCUT2D eigenvalue weighted by Gasteiger charge is -2.13. The van der Waals surface area contributed by atoms with Crippen molar-refractivity contribution in [3.8, 4) is 0 Å². The van der Waals surface area contributed by atoms with Crippen LogP contribution < -0.4 is 0 Å². The van der Waals surface area contributed by atoms with Crippen molar-refractivity contribution in [2.24, 2.45) is 0 Å². The van der Waals surface area contributed by atoms with Gasteiger partial charge in [-0.3, -0.25) is 0 Å². The Hall–Kier alpha value is -0.810. The minimum Gasteiger partial charge on any atom is -0.352 e. The third kappa shape index (κ3) is 4.35. The number of rotatable bonds is 7. The number of thiophene rings is 1. The van der Waals surface area contributed by atoms with Gasteiger partial charge in [-0.15, -0.1) is 23.1 Å². The summed E-state index contributed by atoms with van der Waals surface area (Å²) < 4.78 is 10.5. The van der Waals surface area contributed by atoms with Gasteiger partial charge in [-0.25, -0.2) is 0 Å². The molecule has 102 valence electrons. The van der Waals surface area contributed by atoms with E-state index in [0.717, 1.165) is 17.7 Å². The molecule has 0 spiro atoms. The number of aryl methyl sites for hydroxylation is 1. The van der Waals surface area contributed by atoms with Crippen LogP contribution >= 0.6 is 23.1 Å². The molecule has 0 saturated heterocycles. The van der Waals surface area contributed by atoms with Crippen LogP contribution in [0.15, 0.2) is 46.7 Å². The molecule has 0 N–H and O–H groups in total. The summed E-state index contributed by atoms with van der Waals surface area (Å²) >= 11 is 3.70. The fourth-order valence-corrected chi connectivity index (χ4v) is 3.54. The van der Waals surface area contributed by atoms with Crippen LogP contribution in [0.5, 0.6) is 0 Å². The summed E-state index contributed by atoms with van der Waals surface area (Å²) in [4.78, 5) is 2.73. The molecule has 2 rings (SSSR count).